The normalized spacial score (nSPS) is 20.4. The summed E-state index contributed by atoms with van der Waals surface area (Å²) in [5, 5.41) is 10.4. The Kier molecular flexibility index (Phi) is 9.85. The van der Waals surface area contributed by atoms with E-state index in [4.69, 9.17) is 4.98 Å². The fourth-order valence-electron chi connectivity index (χ4n) is 3.64. The maximum absolute atomic E-state index is 4.69. The molecular weight excluding hydrogens is 493 g/mol. The van der Waals surface area contributed by atoms with Gasteiger partial charge in [-0.3, -0.25) is 9.89 Å². The van der Waals surface area contributed by atoms with Gasteiger partial charge in [-0.2, -0.15) is 0 Å². The Hall–Kier alpha value is -1.19. The molecule has 0 radical (unpaired) electrons. The zero-order chi connectivity index (χ0) is 19.9. The summed E-state index contributed by atoms with van der Waals surface area (Å²) in [6.45, 7) is 9.54. The fourth-order valence-corrected chi connectivity index (χ4v) is 4.47. The number of piperidine rings is 1. The number of halogens is 1. The molecule has 0 saturated carbocycles. The zero-order valence-corrected chi connectivity index (χ0v) is 21.0. The van der Waals surface area contributed by atoms with E-state index in [0.29, 0.717) is 24.5 Å². The first-order valence-corrected chi connectivity index (χ1v) is 11.1. The van der Waals surface area contributed by atoms with Gasteiger partial charge in [0.1, 0.15) is 0 Å². The van der Waals surface area contributed by atoms with Gasteiger partial charge in [-0.25, -0.2) is 4.98 Å². The topological polar surface area (TPSA) is 52.6 Å². The molecule has 1 saturated heterocycles. The van der Waals surface area contributed by atoms with Crippen molar-refractivity contribution in [1.82, 2.24) is 20.5 Å². The number of nitrogens with zero attached hydrogens (tertiary/aromatic N) is 3. The molecule has 1 aromatic carbocycles. The molecule has 7 heteroatoms. The molecule has 1 aromatic heterocycles. The molecule has 1 fully saturated rings. The van der Waals surface area contributed by atoms with E-state index in [1.165, 1.54) is 10.6 Å². The summed E-state index contributed by atoms with van der Waals surface area (Å²) in [4.78, 5) is 11.7. The second-order valence-corrected chi connectivity index (χ2v) is 8.82. The molecule has 0 spiro atoms. The Bertz CT molecular complexity index is 762. The predicted molar refractivity (Wildman–Crippen MR) is 134 cm³/mol. The number of thiazole rings is 1. The smallest absolute Gasteiger partial charge is 0.191 e. The van der Waals surface area contributed by atoms with Gasteiger partial charge in [-0.1, -0.05) is 44.2 Å². The van der Waals surface area contributed by atoms with Gasteiger partial charge in [0.2, 0.25) is 0 Å². The van der Waals surface area contributed by atoms with Crippen LogP contribution in [0.3, 0.4) is 0 Å². The van der Waals surface area contributed by atoms with Crippen molar-refractivity contribution in [2.45, 2.75) is 64.7 Å². The second-order valence-electron chi connectivity index (χ2n) is 7.93. The van der Waals surface area contributed by atoms with Crippen LogP contribution < -0.4 is 10.6 Å². The Morgan fingerprint density at radius 3 is 2.69 bits per heavy atom. The first-order valence-electron chi connectivity index (χ1n) is 10.2. The van der Waals surface area contributed by atoms with E-state index >= 15 is 0 Å². The molecule has 5 nitrogen and oxygen atoms in total. The molecule has 2 aromatic rings. The van der Waals surface area contributed by atoms with Crippen molar-refractivity contribution in [3.8, 4) is 0 Å². The monoisotopic (exact) mass is 527 g/mol. The van der Waals surface area contributed by atoms with Crippen LogP contribution in [-0.2, 0) is 13.1 Å². The van der Waals surface area contributed by atoms with Crippen LogP contribution in [0.5, 0.6) is 0 Å². The molecule has 2 N–H and O–H groups in total. The highest BCUT2D eigenvalue weighted by atomic mass is 127. The van der Waals surface area contributed by atoms with E-state index in [-0.39, 0.29) is 24.0 Å². The molecule has 2 atom stereocenters. The number of likely N-dealkylation sites (tertiary alicyclic amines) is 1. The second kappa shape index (κ2) is 11.9. The average molecular weight is 528 g/mol. The van der Waals surface area contributed by atoms with Crippen LogP contribution in [0.2, 0.25) is 0 Å². The van der Waals surface area contributed by atoms with Crippen LogP contribution in [0.25, 0.3) is 0 Å². The van der Waals surface area contributed by atoms with Crippen molar-refractivity contribution in [3.05, 3.63) is 52.0 Å². The number of hydrogen-bond acceptors (Lipinski definition) is 4. The Morgan fingerprint density at radius 1 is 1.31 bits per heavy atom. The summed E-state index contributed by atoms with van der Waals surface area (Å²) in [7, 11) is 1.84. The summed E-state index contributed by atoms with van der Waals surface area (Å²) in [5.41, 5.74) is 2.48. The molecule has 2 unspecified atom stereocenters. The molecule has 3 rings (SSSR count). The SMILES string of the molecule is CN=C(NCc1csc(C(C)C)n1)NC1CCN(Cc2ccccc2)C(C)C1.I. The minimum absolute atomic E-state index is 0. The van der Waals surface area contributed by atoms with Crippen LogP contribution in [0.1, 0.15) is 55.8 Å². The Morgan fingerprint density at radius 2 is 2.07 bits per heavy atom. The lowest BCUT2D eigenvalue weighted by Crippen LogP contribution is -2.51. The van der Waals surface area contributed by atoms with Crippen molar-refractivity contribution in [3.63, 3.8) is 0 Å². The molecule has 0 aliphatic carbocycles. The third kappa shape index (κ3) is 7.22. The van der Waals surface area contributed by atoms with E-state index in [2.05, 4.69) is 77.0 Å². The highest BCUT2D eigenvalue weighted by molar-refractivity contribution is 14.0. The third-order valence-electron chi connectivity index (χ3n) is 5.31. The molecule has 160 valence electrons. The number of nitrogens with one attached hydrogen (secondary N) is 2. The maximum Gasteiger partial charge on any atom is 0.191 e. The first kappa shape index (κ1) is 24.1. The number of aliphatic imine (C=N–C) groups is 1. The molecule has 29 heavy (non-hydrogen) atoms. The maximum atomic E-state index is 4.69. The molecular formula is C22H34IN5S. The standard InChI is InChI=1S/C22H33N5S.HI/c1-16(2)21-25-20(15-28-21)13-24-22(23-4)26-19-10-11-27(17(3)12-19)14-18-8-6-5-7-9-18;/h5-9,15-17,19H,10-14H2,1-4H3,(H2,23,24,26);1H. The quantitative estimate of drug-likeness (QED) is 0.328. The highest BCUT2D eigenvalue weighted by Gasteiger charge is 2.26. The number of rotatable bonds is 6. The van der Waals surface area contributed by atoms with Gasteiger partial charge in [0.25, 0.3) is 0 Å². The van der Waals surface area contributed by atoms with Gasteiger partial charge in [0.15, 0.2) is 5.96 Å². The van der Waals surface area contributed by atoms with Crippen molar-refractivity contribution in [1.29, 1.82) is 0 Å². The zero-order valence-electron chi connectivity index (χ0n) is 17.9. The van der Waals surface area contributed by atoms with Gasteiger partial charge < -0.3 is 10.6 Å². The number of guanidine groups is 1. The van der Waals surface area contributed by atoms with Gasteiger partial charge in [0, 0.05) is 43.5 Å². The predicted octanol–water partition coefficient (Wildman–Crippen LogP) is 4.60. The van der Waals surface area contributed by atoms with E-state index in [9.17, 15) is 0 Å². The summed E-state index contributed by atoms with van der Waals surface area (Å²) in [6.07, 6.45) is 2.26. The van der Waals surface area contributed by atoms with Crippen molar-refractivity contribution >= 4 is 41.3 Å². The lowest BCUT2D eigenvalue weighted by atomic mass is 9.97. The number of aromatic nitrogens is 1. The van der Waals surface area contributed by atoms with Crippen LogP contribution in [-0.4, -0.2) is 41.5 Å². The van der Waals surface area contributed by atoms with Crippen molar-refractivity contribution in [2.24, 2.45) is 4.99 Å². The molecule has 0 bridgehead atoms. The average Bonchev–Trinajstić information content (AvgIpc) is 3.17. The summed E-state index contributed by atoms with van der Waals surface area (Å²) in [6, 6.07) is 11.8. The van der Waals surface area contributed by atoms with Crippen LogP contribution in [0.4, 0.5) is 0 Å². The van der Waals surface area contributed by atoms with Crippen LogP contribution >= 0.6 is 35.3 Å². The fraction of sp³-hybridized carbons (Fsp3) is 0.545. The molecule has 1 aliphatic heterocycles. The van der Waals surface area contributed by atoms with Gasteiger partial charge >= 0.3 is 0 Å². The van der Waals surface area contributed by atoms with E-state index in [1.54, 1.807) is 11.3 Å². The Labute approximate surface area is 196 Å². The summed E-state index contributed by atoms with van der Waals surface area (Å²) in [5.74, 6) is 1.35. The van der Waals surface area contributed by atoms with Crippen molar-refractivity contribution in [2.75, 3.05) is 13.6 Å². The Balaban J connectivity index is 0.00000300. The minimum Gasteiger partial charge on any atom is -0.354 e. The van der Waals surface area contributed by atoms with Crippen LogP contribution in [0, 0.1) is 0 Å². The number of benzene rings is 1. The van der Waals surface area contributed by atoms with Crippen molar-refractivity contribution < 1.29 is 0 Å². The first-order chi connectivity index (χ1) is 13.5. The van der Waals surface area contributed by atoms with Gasteiger partial charge in [0.05, 0.1) is 17.2 Å². The van der Waals surface area contributed by atoms with Gasteiger partial charge in [-0.05, 0) is 25.3 Å². The molecule has 2 heterocycles. The lowest BCUT2D eigenvalue weighted by Gasteiger charge is -2.38. The van der Waals surface area contributed by atoms with E-state index < -0.39 is 0 Å². The number of hydrogen-bond donors (Lipinski definition) is 2. The third-order valence-corrected chi connectivity index (χ3v) is 6.50. The van der Waals surface area contributed by atoms with Crippen LogP contribution in [0.15, 0.2) is 40.7 Å². The summed E-state index contributed by atoms with van der Waals surface area (Å²) >= 11 is 1.74. The largest absolute Gasteiger partial charge is 0.354 e. The molecule has 0 amide bonds. The van der Waals surface area contributed by atoms with E-state index in [1.807, 2.05) is 7.05 Å². The highest BCUT2D eigenvalue weighted by Crippen LogP contribution is 2.20. The molecule has 1 aliphatic rings. The lowest BCUT2D eigenvalue weighted by molar-refractivity contribution is 0.134. The van der Waals surface area contributed by atoms with E-state index in [0.717, 1.165) is 37.6 Å². The minimum atomic E-state index is 0. The summed E-state index contributed by atoms with van der Waals surface area (Å²) < 4.78 is 0. The van der Waals surface area contributed by atoms with Gasteiger partial charge in [-0.15, -0.1) is 35.3 Å².